The van der Waals surface area contributed by atoms with Gasteiger partial charge < -0.3 is 0 Å². The van der Waals surface area contributed by atoms with E-state index in [1.165, 1.54) is 16.0 Å². The second-order valence-electron chi connectivity index (χ2n) is 4.63. The average Bonchev–Trinajstić information content (AvgIpc) is 2.97. The Morgan fingerprint density at radius 1 is 1.00 bits per heavy atom. The maximum atomic E-state index is 5.92. The highest BCUT2D eigenvalue weighted by atomic mass is 35.5. The Bertz CT molecular complexity index is 759. The molecule has 1 aromatic heterocycles. The van der Waals surface area contributed by atoms with E-state index in [2.05, 4.69) is 24.3 Å². The summed E-state index contributed by atoms with van der Waals surface area (Å²) in [5, 5.41) is 1.84. The lowest BCUT2D eigenvalue weighted by atomic mass is 10.1. The van der Waals surface area contributed by atoms with E-state index in [0.29, 0.717) is 0 Å². The van der Waals surface area contributed by atoms with E-state index in [1.54, 1.807) is 11.3 Å². The van der Waals surface area contributed by atoms with Gasteiger partial charge in [-0.1, -0.05) is 48.0 Å². The Morgan fingerprint density at radius 2 is 1.79 bits per heavy atom. The molecule has 92 valence electrons. The number of rotatable bonds is 1. The Hall–Kier alpha value is -1.64. The highest BCUT2D eigenvalue weighted by Gasteiger charge is 2.22. The summed E-state index contributed by atoms with van der Waals surface area (Å²) in [6.45, 7) is 0. The topological polar surface area (TPSA) is 12.9 Å². The third kappa shape index (κ3) is 1.79. The smallest absolute Gasteiger partial charge is 0.124 e. The quantitative estimate of drug-likeness (QED) is 0.477. The molecule has 1 aliphatic rings. The van der Waals surface area contributed by atoms with Crippen molar-refractivity contribution in [3.63, 3.8) is 0 Å². The number of nitrogens with zero attached hydrogens (tertiary/aromatic N) is 1. The summed E-state index contributed by atoms with van der Waals surface area (Å²) in [5.74, 6) is 0. The van der Waals surface area contributed by atoms with Gasteiger partial charge in [-0.15, -0.1) is 11.3 Å². The van der Waals surface area contributed by atoms with Crippen LogP contribution in [-0.4, -0.2) is 4.98 Å². The molecule has 4 rings (SSSR count). The molecule has 0 saturated carbocycles. The van der Waals surface area contributed by atoms with Crippen LogP contribution < -0.4 is 0 Å². The zero-order valence-corrected chi connectivity index (χ0v) is 11.6. The third-order valence-corrected chi connectivity index (χ3v) is 4.77. The number of thiazole rings is 1. The number of fused-ring (bicyclic) bond motifs is 3. The van der Waals surface area contributed by atoms with Crippen LogP contribution in [-0.2, 0) is 6.42 Å². The minimum Gasteiger partial charge on any atom is -0.236 e. The minimum absolute atomic E-state index is 0.762. The minimum atomic E-state index is 0.762. The van der Waals surface area contributed by atoms with Gasteiger partial charge in [0.25, 0.3) is 0 Å². The zero-order valence-electron chi connectivity index (χ0n) is 10.1. The standard InChI is InChI=1S/C16H10ClNS/c17-12-7-5-10(6-8-12)16-18-15-13-4-2-1-3-11(13)9-14(15)19-16/h1-8H,9H2. The molecule has 0 spiro atoms. The molecule has 3 heteroatoms. The largest absolute Gasteiger partial charge is 0.236 e. The molecule has 3 aromatic rings. The summed E-state index contributed by atoms with van der Waals surface area (Å²) in [6.07, 6.45) is 1.01. The predicted molar refractivity (Wildman–Crippen MR) is 80.8 cm³/mol. The molecule has 0 fully saturated rings. The normalized spacial score (nSPS) is 12.3. The van der Waals surface area contributed by atoms with Gasteiger partial charge in [0.1, 0.15) is 5.01 Å². The fourth-order valence-corrected chi connectivity index (χ4v) is 3.71. The van der Waals surface area contributed by atoms with Crippen molar-refractivity contribution >= 4 is 22.9 Å². The highest BCUT2D eigenvalue weighted by molar-refractivity contribution is 7.15. The van der Waals surface area contributed by atoms with Crippen molar-refractivity contribution in [3.8, 4) is 21.8 Å². The number of aromatic nitrogens is 1. The molecule has 19 heavy (non-hydrogen) atoms. The van der Waals surface area contributed by atoms with Crippen LogP contribution in [0.4, 0.5) is 0 Å². The summed E-state index contributed by atoms with van der Waals surface area (Å²) in [7, 11) is 0. The molecule has 0 unspecified atom stereocenters. The van der Waals surface area contributed by atoms with Crippen LogP contribution in [0.15, 0.2) is 48.5 Å². The van der Waals surface area contributed by atoms with Gasteiger partial charge in [-0.2, -0.15) is 0 Å². The van der Waals surface area contributed by atoms with Crippen molar-refractivity contribution in [2.75, 3.05) is 0 Å². The molecular formula is C16H10ClNS. The van der Waals surface area contributed by atoms with Gasteiger partial charge in [-0.25, -0.2) is 4.98 Å². The van der Waals surface area contributed by atoms with E-state index >= 15 is 0 Å². The van der Waals surface area contributed by atoms with Crippen molar-refractivity contribution in [3.05, 3.63) is 64.0 Å². The van der Waals surface area contributed by atoms with Crippen molar-refractivity contribution < 1.29 is 0 Å². The van der Waals surface area contributed by atoms with E-state index in [9.17, 15) is 0 Å². The zero-order chi connectivity index (χ0) is 12.8. The van der Waals surface area contributed by atoms with E-state index in [1.807, 2.05) is 24.3 Å². The lowest BCUT2D eigenvalue weighted by Crippen LogP contribution is -1.81. The first-order chi connectivity index (χ1) is 9.31. The molecule has 1 aliphatic carbocycles. The number of hydrogen-bond acceptors (Lipinski definition) is 2. The van der Waals surface area contributed by atoms with E-state index in [-0.39, 0.29) is 0 Å². The number of halogens is 1. The summed E-state index contributed by atoms with van der Waals surface area (Å²) >= 11 is 7.71. The molecule has 2 aromatic carbocycles. The number of benzene rings is 2. The summed E-state index contributed by atoms with van der Waals surface area (Å²) < 4.78 is 0. The molecular weight excluding hydrogens is 274 g/mol. The van der Waals surface area contributed by atoms with Crippen molar-refractivity contribution in [2.24, 2.45) is 0 Å². The Labute approximate surface area is 120 Å². The van der Waals surface area contributed by atoms with Crippen LogP contribution in [0, 0.1) is 0 Å². The van der Waals surface area contributed by atoms with Gasteiger partial charge in [-0.3, -0.25) is 0 Å². The summed E-state index contributed by atoms with van der Waals surface area (Å²) in [5.41, 5.74) is 4.97. The van der Waals surface area contributed by atoms with Gasteiger partial charge in [-0.05, 0) is 17.7 Å². The van der Waals surface area contributed by atoms with Crippen LogP contribution in [0.1, 0.15) is 10.4 Å². The van der Waals surface area contributed by atoms with Gasteiger partial charge in [0, 0.05) is 27.4 Å². The van der Waals surface area contributed by atoms with Crippen LogP contribution in [0.2, 0.25) is 5.02 Å². The molecule has 0 radical (unpaired) electrons. The first-order valence-electron chi connectivity index (χ1n) is 6.15. The van der Waals surface area contributed by atoms with Crippen molar-refractivity contribution in [1.29, 1.82) is 0 Å². The molecule has 1 heterocycles. The maximum Gasteiger partial charge on any atom is 0.124 e. The van der Waals surface area contributed by atoms with Gasteiger partial charge in [0.05, 0.1) is 5.69 Å². The second kappa shape index (κ2) is 4.19. The first kappa shape index (κ1) is 11.2. The molecule has 0 atom stereocenters. The monoisotopic (exact) mass is 283 g/mol. The van der Waals surface area contributed by atoms with Gasteiger partial charge in [0.2, 0.25) is 0 Å². The van der Waals surface area contributed by atoms with Gasteiger partial charge in [0.15, 0.2) is 0 Å². The third-order valence-electron chi connectivity index (χ3n) is 3.41. The van der Waals surface area contributed by atoms with E-state index in [4.69, 9.17) is 16.6 Å². The fraction of sp³-hybridized carbons (Fsp3) is 0.0625. The fourth-order valence-electron chi connectivity index (χ4n) is 2.48. The van der Waals surface area contributed by atoms with Crippen LogP contribution in [0.25, 0.3) is 21.8 Å². The Kier molecular flexibility index (Phi) is 2.47. The Morgan fingerprint density at radius 3 is 2.63 bits per heavy atom. The highest BCUT2D eigenvalue weighted by Crippen LogP contribution is 2.41. The molecule has 0 bridgehead atoms. The van der Waals surface area contributed by atoms with Crippen molar-refractivity contribution in [1.82, 2.24) is 4.98 Å². The van der Waals surface area contributed by atoms with E-state index in [0.717, 1.165) is 27.7 Å². The summed E-state index contributed by atoms with van der Waals surface area (Å²) in [4.78, 5) is 6.17. The second-order valence-corrected chi connectivity index (χ2v) is 6.15. The van der Waals surface area contributed by atoms with Crippen LogP contribution in [0.3, 0.4) is 0 Å². The lowest BCUT2D eigenvalue weighted by molar-refractivity contribution is 1.31. The molecule has 0 aliphatic heterocycles. The maximum absolute atomic E-state index is 5.92. The summed E-state index contributed by atoms with van der Waals surface area (Å²) in [6, 6.07) is 16.4. The first-order valence-corrected chi connectivity index (χ1v) is 7.34. The molecule has 0 saturated heterocycles. The predicted octanol–water partition coefficient (Wildman–Crippen LogP) is 5.03. The SMILES string of the molecule is Clc1ccc(-c2nc3c(s2)Cc2ccccc2-3)cc1. The van der Waals surface area contributed by atoms with Crippen LogP contribution >= 0.6 is 22.9 Å². The van der Waals surface area contributed by atoms with Gasteiger partial charge >= 0.3 is 0 Å². The molecule has 1 nitrogen and oxygen atoms in total. The van der Waals surface area contributed by atoms with Crippen molar-refractivity contribution in [2.45, 2.75) is 6.42 Å². The molecule has 0 N–H and O–H groups in total. The molecule has 0 amide bonds. The van der Waals surface area contributed by atoms with E-state index < -0.39 is 0 Å². The Balaban J connectivity index is 1.82. The van der Waals surface area contributed by atoms with Crippen LogP contribution in [0.5, 0.6) is 0 Å². The lowest BCUT2D eigenvalue weighted by Gasteiger charge is -1.99. The number of hydrogen-bond donors (Lipinski definition) is 0. The average molecular weight is 284 g/mol.